The third-order valence-electron chi connectivity index (χ3n) is 3.99. The second-order valence-corrected chi connectivity index (χ2v) is 5.75. The smallest absolute Gasteiger partial charge is 0.222 e. The van der Waals surface area contributed by atoms with Gasteiger partial charge < -0.3 is 10.2 Å². The quantitative estimate of drug-likeness (QED) is 0.906. The Morgan fingerprint density at radius 2 is 2.19 bits per heavy atom. The number of hydrogen-bond donors (Lipinski definition) is 1. The van der Waals surface area contributed by atoms with Gasteiger partial charge in [-0.15, -0.1) is 0 Å². The number of nitrogens with one attached hydrogen (secondary N) is 1. The van der Waals surface area contributed by atoms with Crippen LogP contribution in [-0.4, -0.2) is 30.9 Å². The van der Waals surface area contributed by atoms with Crippen LogP contribution in [0.15, 0.2) is 18.2 Å². The number of halogens is 2. The maximum atomic E-state index is 13.1. The molecule has 0 radical (unpaired) electrons. The largest absolute Gasteiger partial charge is 0.341 e. The molecular weight excluding hydrogens is 274 g/mol. The molecule has 0 aromatic heterocycles. The van der Waals surface area contributed by atoms with E-state index in [9.17, 15) is 13.6 Å². The average molecular weight is 296 g/mol. The third-order valence-corrected chi connectivity index (χ3v) is 3.99. The summed E-state index contributed by atoms with van der Waals surface area (Å²) >= 11 is 0. The minimum absolute atomic E-state index is 0.0466. The summed E-state index contributed by atoms with van der Waals surface area (Å²) in [7, 11) is 1.70. The number of rotatable bonds is 5. The maximum absolute atomic E-state index is 13.1. The van der Waals surface area contributed by atoms with Crippen LogP contribution in [0.4, 0.5) is 8.78 Å². The zero-order chi connectivity index (χ0) is 15.2. The molecule has 1 aliphatic rings. The third kappa shape index (κ3) is 4.77. The van der Waals surface area contributed by atoms with Crippen molar-refractivity contribution in [1.82, 2.24) is 10.2 Å². The highest BCUT2D eigenvalue weighted by Gasteiger charge is 2.16. The molecule has 0 aliphatic carbocycles. The first-order chi connectivity index (χ1) is 10.1. The van der Waals surface area contributed by atoms with Crippen molar-refractivity contribution in [1.29, 1.82) is 0 Å². The van der Waals surface area contributed by atoms with Crippen molar-refractivity contribution in [3.05, 3.63) is 35.4 Å². The highest BCUT2D eigenvalue weighted by atomic mass is 19.2. The summed E-state index contributed by atoms with van der Waals surface area (Å²) < 4.78 is 26.0. The summed E-state index contributed by atoms with van der Waals surface area (Å²) in [5.74, 6) is -1.12. The normalized spacial score (nSPS) is 18.5. The summed E-state index contributed by atoms with van der Waals surface area (Å²) in [6, 6.07) is 3.74. The lowest BCUT2D eigenvalue weighted by atomic mass is 9.94. The second-order valence-electron chi connectivity index (χ2n) is 5.75. The first-order valence-corrected chi connectivity index (χ1v) is 7.45. The molecule has 2 rings (SSSR count). The molecule has 0 spiro atoms. The Bertz CT molecular complexity index is 487. The zero-order valence-corrected chi connectivity index (χ0v) is 12.4. The SMILES string of the molecule is CN(Cc1ccc(F)c(F)c1)C(=O)CCC1CCCNC1. The lowest BCUT2D eigenvalue weighted by molar-refractivity contribution is -0.130. The number of benzene rings is 1. The second kappa shape index (κ2) is 7.50. The van der Waals surface area contributed by atoms with Crippen molar-refractivity contribution in [2.24, 2.45) is 5.92 Å². The van der Waals surface area contributed by atoms with Gasteiger partial charge in [-0.05, 0) is 56.0 Å². The first-order valence-electron chi connectivity index (χ1n) is 7.45. The molecule has 0 saturated carbocycles. The van der Waals surface area contributed by atoms with Crippen molar-refractivity contribution in [3.8, 4) is 0 Å². The van der Waals surface area contributed by atoms with Gasteiger partial charge in [-0.2, -0.15) is 0 Å². The highest BCUT2D eigenvalue weighted by Crippen LogP contribution is 2.17. The Morgan fingerprint density at radius 1 is 1.38 bits per heavy atom. The van der Waals surface area contributed by atoms with E-state index in [0.717, 1.165) is 31.6 Å². The van der Waals surface area contributed by atoms with Crippen LogP contribution in [-0.2, 0) is 11.3 Å². The molecule has 1 atom stereocenters. The molecule has 21 heavy (non-hydrogen) atoms. The number of nitrogens with zero attached hydrogens (tertiary/aromatic N) is 1. The van der Waals surface area contributed by atoms with Crippen molar-refractivity contribution in [2.45, 2.75) is 32.2 Å². The van der Waals surface area contributed by atoms with E-state index in [2.05, 4.69) is 5.32 Å². The summed E-state index contributed by atoms with van der Waals surface area (Å²) in [6.45, 7) is 2.36. The Kier molecular flexibility index (Phi) is 5.67. The molecule has 1 N–H and O–H groups in total. The number of carbonyl (C=O) groups is 1. The van der Waals surface area contributed by atoms with E-state index in [-0.39, 0.29) is 5.91 Å². The standard InChI is InChI=1S/C16H22F2N2O/c1-20(11-13-4-6-14(17)15(18)9-13)16(21)7-5-12-3-2-8-19-10-12/h4,6,9,12,19H,2-3,5,7-8,10-11H2,1H3. The topological polar surface area (TPSA) is 32.3 Å². The minimum atomic E-state index is -0.873. The van der Waals surface area contributed by atoms with Gasteiger partial charge in [0.25, 0.3) is 0 Å². The Labute approximate surface area is 124 Å². The van der Waals surface area contributed by atoms with Crippen LogP contribution in [0.5, 0.6) is 0 Å². The molecule has 116 valence electrons. The first kappa shape index (κ1) is 15.9. The summed E-state index contributed by atoms with van der Waals surface area (Å²) in [6.07, 6.45) is 3.73. The zero-order valence-electron chi connectivity index (χ0n) is 12.4. The minimum Gasteiger partial charge on any atom is -0.341 e. The maximum Gasteiger partial charge on any atom is 0.222 e. The van der Waals surface area contributed by atoms with Crippen LogP contribution in [0.2, 0.25) is 0 Å². The van der Waals surface area contributed by atoms with Gasteiger partial charge in [0.1, 0.15) is 0 Å². The predicted molar refractivity (Wildman–Crippen MR) is 77.7 cm³/mol. The van der Waals surface area contributed by atoms with Crippen molar-refractivity contribution in [2.75, 3.05) is 20.1 Å². The van der Waals surface area contributed by atoms with Gasteiger partial charge in [0.05, 0.1) is 0 Å². The summed E-state index contributed by atoms with van der Waals surface area (Å²) in [5.41, 5.74) is 0.601. The van der Waals surface area contributed by atoms with Gasteiger partial charge in [0, 0.05) is 20.0 Å². The highest BCUT2D eigenvalue weighted by molar-refractivity contribution is 5.75. The number of carbonyl (C=O) groups excluding carboxylic acids is 1. The van der Waals surface area contributed by atoms with Gasteiger partial charge >= 0.3 is 0 Å². The molecule has 0 bridgehead atoms. The molecule has 1 saturated heterocycles. The van der Waals surface area contributed by atoms with Crippen LogP contribution < -0.4 is 5.32 Å². The molecule has 1 fully saturated rings. The molecule has 1 heterocycles. The van der Waals surface area contributed by atoms with Crippen LogP contribution in [0.1, 0.15) is 31.2 Å². The molecular formula is C16H22F2N2O. The van der Waals surface area contributed by atoms with E-state index >= 15 is 0 Å². The Balaban J connectivity index is 1.79. The fraction of sp³-hybridized carbons (Fsp3) is 0.562. The van der Waals surface area contributed by atoms with Gasteiger partial charge in [-0.3, -0.25) is 4.79 Å². The van der Waals surface area contributed by atoms with Gasteiger partial charge in [-0.1, -0.05) is 6.07 Å². The molecule has 5 heteroatoms. The van der Waals surface area contributed by atoms with Crippen LogP contribution in [0, 0.1) is 17.6 Å². The number of amides is 1. The number of hydrogen-bond acceptors (Lipinski definition) is 2. The van der Waals surface area contributed by atoms with E-state index in [0.29, 0.717) is 24.4 Å². The van der Waals surface area contributed by atoms with Crippen molar-refractivity contribution < 1.29 is 13.6 Å². The molecule has 1 aliphatic heterocycles. The average Bonchev–Trinajstić information content (AvgIpc) is 2.49. The van der Waals surface area contributed by atoms with Crippen LogP contribution in [0.3, 0.4) is 0 Å². The van der Waals surface area contributed by atoms with E-state index in [1.807, 2.05) is 0 Å². The molecule has 1 amide bonds. The predicted octanol–water partition coefficient (Wildman–Crippen LogP) is 2.70. The molecule has 1 aromatic rings. The van der Waals surface area contributed by atoms with Crippen molar-refractivity contribution >= 4 is 5.91 Å². The summed E-state index contributed by atoms with van der Waals surface area (Å²) in [5, 5.41) is 3.34. The van der Waals surface area contributed by atoms with Crippen LogP contribution in [0.25, 0.3) is 0 Å². The van der Waals surface area contributed by atoms with E-state index in [1.165, 1.54) is 18.9 Å². The van der Waals surface area contributed by atoms with Crippen molar-refractivity contribution in [3.63, 3.8) is 0 Å². The molecule has 1 aromatic carbocycles. The molecule has 1 unspecified atom stereocenters. The molecule has 3 nitrogen and oxygen atoms in total. The fourth-order valence-electron chi connectivity index (χ4n) is 2.69. The van der Waals surface area contributed by atoms with Gasteiger partial charge in [0.15, 0.2) is 11.6 Å². The Morgan fingerprint density at radius 3 is 2.86 bits per heavy atom. The number of piperidine rings is 1. The lowest BCUT2D eigenvalue weighted by Gasteiger charge is -2.24. The van der Waals surface area contributed by atoms with Gasteiger partial charge in [0.2, 0.25) is 5.91 Å². The van der Waals surface area contributed by atoms with Gasteiger partial charge in [-0.25, -0.2) is 8.78 Å². The fourth-order valence-corrected chi connectivity index (χ4v) is 2.69. The Hall–Kier alpha value is -1.49. The van der Waals surface area contributed by atoms with E-state index in [4.69, 9.17) is 0 Å². The monoisotopic (exact) mass is 296 g/mol. The van der Waals surface area contributed by atoms with E-state index < -0.39 is 11.6 Å². The van der Waals surface area contributed by atoms with E-state index in [1.54, 1.807) is 11.9 Å². The lowest BCUT2D eigenvalue weighted by Crippen LogP contribution is -2.31. The van der Waals surface area contributed by atoms with Crippen LogP contribution >= 0.6 is 0 Å². The summed E-state index contributed by atoms with van der Waals surface area (Å²) in [4.78, 5) is 13.7.